The number of nitrogens with one attached hydrogen (secondary N) is 1. The van der Waals surface area contributed by atoms with Crippen LogP contribution in [0.15, 0.2) is 54.1 Å². The molecular formula is C23H16Cl3N3O2S. The summed E-state index contributed by atoms with van der Waals surface area (Å²) in [6.45, 7) is 3.78. The summed E-state index contributed by atoms with van der Waals surface area (Å²) in [6, 6.07) is 14.0. The molecule has 9 heteroatoms. The molecule has 5 nitrogen and oxygen atoms in total. The summed E-state index contributed by atoms with van der Waals surface area (Å²) < 4.78 is 1.92. The zero-order valence-electron chi connectivity index (χ0n) is 16.9. The van der Waals surface area contributed by atoms with E-state index >= 15 is 0 Å². The van der Waals surface area contributed by atoms with E-state index in [1.54, 1.807) is 42.5 Å². The summed E-state index contributed by atoms with van der Waals surface area (Å²) in [6.07, 6.45) is 1.54. The predicted molar refractivity (Wildman–Crippen MR) is 133 cm³/mol. The fraction of sp³-hybridized carbons (Fsp3) is 0.0870. The van der Waals surface area contributed by atoms with Crippen LogP contribution in [0.4, 0.5) is 5.69 Å². The van der Waals surface area contributed by atoms with Crippen LogP contribution >= 0.6 is 47.0 Å². The molecule has 0 spiro atoms. The Kier molecular flexibility index (Phi) is 6.14. The van der Waals surface area contributed by atoms with Crippen LogP contribution in [0, 0.1) is 13.8 Å². The van der Waals surface area contributed by atoms with E-state index in [1.807, 2.05) is 30.5 Å². The fourth-order valence-electron chi connectivity index (χ4n) is 3.63. The van der Waals surface area contributed by atoms with Crippen LogP contribution in [0.3, 0.4) is 0 Å². The molecule has 1 saturated heterocycles. The molecule has 4 rings (SSSR count). The first-order chi connectivity index (χ1) is 15.2. The molecule has 3 aromatic rings. The molecular weight excluding hydrogens is 489 g/mol. The number of para-hydroxylation sites is 1. The highest BCUT2D eigenvalue weighted by atomic mass is 35.5. The quantitative estimate of drug-likeness (QED) is 0.275. The summed E-state index contributed by atoms with van der Waals surface area (Å²) in [4.78, 5) is 27.2. The second-order valence-corrected chi connectivity index (χ2v) is 8.72. The van der Waals surface area contributed by atoms with Gasteiger partial charge in [0.05, 0.1) is 26.4 Å². The average molecular weight is 505 g/mol. The predicted octanol–water partition coefficient (Wildman–Crippen LogP) is 5.89. The van der Waals surface area contributed by atoms with Crippen LogP contribution in [-0.4, -0.2) is 21.5 Å². The lowest BCUT2D eigenvalue weighted by Crippen LogP contribution is -2.54. The van der Waals surface area contributed by atoms with Gasteiger partial charge in [-0.1, -0.05) is 53.0 Å². The minimum Gasteiger partial charge on any atom is -0.316 e. The molecule has 0 radical (unpaired) electrons. The number of halogens is 3. The Hall–Kier alpha value is -2.64. The molecule has 1 aromatic heterocycles. The number of aryl methyl sites for hydroxylation is 1. The van der Waals surface area contributed by atoms with Crippen molar-refractivity contribution in [1.82, 2.24) is 9.88 Å². The third-order valence-electron chi connectivity index (χ3n) is 5.14. The van der Waals surface area contributed by atoms with Gasteiger partial charge in [0.15, 0.2) is 5.11 Å². The Morgan fingerprint density at radius 2 is 1.59 bits per heavy atom. The van der Waals surface area contributed by atoms with Crippen LogP contribution in [-0.2, 0) is 9.59 Å². The molecule has 0 aliphatic carbocycles. The zero-order chi connectivity index (χ0) is 23.2. The maximum atomic E-state index is 13.3. The molecule has 1 N–H and O–H groups in total. The Morgan fingerprint density at radius 3 is 2.31 bits per heavy atom. The molecule has 2 amide bonds. The molecule has 2 heterocycles. The number of thiocarbonyl (C=S) groups is 1. The third kappa shape index (κ3) is 3.84. The number of aromatic nitrogens is 1. The normalized spacial score (nSPS) is 15.5. The number of hydrogen-bond donors (Lipinski definition) is 1. The standard InChI is InChI=1S/C23H16Cl3N3O2S/c1-12-10-14(13(2)28(12)19-9-5-7-17(25)20(19)26)11-15-21(30)27-23(32)29(22(15)31)18-8-4-3-6-16(18)24/h3-11H,1-2H3,(H,27,30,32)/b15-11+. The lowest BCUT2D eigenvalue weighted by atomic mass is 10.1. The van der Waals surface area contributed by atoms with E-state index < -0.39 is 11.8 Å². The second-order valence-electron chi connectivity index (χ2n) is 7.14. The number of carbonyl (C=O) groups excluding carboxylic acids is 2. The third-order valence-corrected chi connectivity index (χ3v) is 6.55. The van der Waals surface area contributed by atoms with E-state index in [-0.39, 0.29) is 10.7 Å². The first-order valence-corrected chi connectivity index (χ1v) is 11.0. The van der Waals surface area contributed by atoms with Gasteiger partial charge in [0, 0.05) is 11.4 Å². The van der Waals surface area contributed by atoms with Crippen molar-refractivity contribution < 1.29 is 9.59 Å². The Labute approximate surface area is 205 Å². The van der Waals surface area contributed by atoms with Crippen molar-refractivity contribution in [3.05, 3.63) is 86.1 Å². The first kappa shape index (κ1) is 22.6. The summed E-state index contributed by atoms with van der Waals surface area (Å²) >= 11 is 24.1. The SMILES string of the molecule is Cc1cc(/C=C2\C(=O)NC(=S)N(c3ccccc3Cl)C2=O)c(C)n1-c1cccc(Cl)c1Cl. The summed E-state index contributed by atoms with van der Waals surface area (Å²) in [5.74, 6) is -1.13. The number of benzene rings is 2. The van der Waals surface area contributed by atoms with Crippen LogP contribution in [0.2, 0.25) is 15.1 Å². The minimum absolute atomic E-state index is 0.0265. The Bertz CT molecular complexity index is 1330. The summed E-state index contributed by atoms with van der Waals surface area (Å²) in [5.41, 5.74) is 3.38. The highest BCUT2D eigenvalue weighted by Gasteiger charge is 2.35. The van der Waals surface area contributed by atoms with E-state index in [1.165, 1.54) is 4.90 Å². The maximum absolute atomic E-state index is 13.3. The number of carbonyl (C=O) groups is 2. The Balaban J connectivity index is 1.81. The molecule has 0 unspecified atom stereocenters. The second kappa shape index (κ2) is 8.71. The molecule has 0 bridgehead atoms. The first-order valence-electron chi connectivity index (χ1n) is 9.50. The maximum Gasteiger partial charge on any atom is 0.270 e. The highest BCUT2D eigenvalue weighted by molar-refractivity contribution is 7.80. The van der Waals surface area contributed by atoms with Crippen molar-refractivity contribution in [2.24, 2.45) is 0 Å². The van der Waals surface area contributed by atoms with Crippen LogP contribution in [0.5, 0.6) is 0 Å². The molecule has 0 saturated carbocycles. The van der Waals surface area contributed by atoms with E-state index in [2.05, 4.69) is 5.32 Å². The fourth-order valence-corrected chi connectivity index (χ4v) is 4.51. The van der Waals surface area contributed by atoms with Gasteiger partial charge in [0.1, 0.15) is 5.57 Å². The zero-order valence-corrected chi connectivity index (χ0v) is 20.0. The van der Waals surface area contributed by atoms with E-state index in [9.17, 15) is 9.59 Å². The smallest absolute Gasteiger partial charge is 0.270 e. The number of rotatable bonds is 3. The van der Waals surface area contributed by atoms with Crippen LogP contribution in [0.25, 0.3) is 11.8 Å². The van der Waals surface area contributed by atoms with Gasteiger partial charge < -0.3 is 4.57 Å². The number of amides is 2. The van der Waals surface area contributed by atoms with Crippen molar-refractivity contribution in [1.29, 1.82) is 0 Å². The van der Waals surface area contributed by atoms with Crippen molar-refractivity contribution in [3.8, 4) is 5.69 Å². The monoisotopic (exact) mass is 503 g/mol. The number of nitrogens with zero attached hydrogens (tertiary/aromatic N) is 2. The summed E-state index contributed by atoms with van der Waals surface area (Å²) in [5, 5.41) is 3.73. The van der Waals surface area contributed by atoms with Gasteiger partial charge in [-0.3, -0.25) is 19.8 Å². The van der Waals surface area contributed by atoms with Gasteiger partial charge in [0.2, 0.25) is 0 Å². The summed E-state index contributed by atoms with van der Waals surface area (Å²) in [7, 11) is 0. The number of hydrogen-bond acceptors (Lipinski definition) is 3. The van der Waals surface area contributed by atoms with E-state index in [0.29, 0.717) is 32.0 Å². The molecule has 0 atom stereocenters. The highest BCUT2D eigenvalue weighted by Crippen LogP contribution is 2.33. The molecule has 2 aromatic carbocycles. The van der Waals surface area contributed by atoms with Gasteiger partial charge in [0.25, 0.3) is 11.8 Å². The Morgan fingerprint density at radius 1 is 0.938 bits per heavy atom. The molecule has 1 aliphatic heterocycles. The van der Waals surface area contributed by atoms with E-state index in [0.717, 1.165) is 11.4 Å². The largest absolute Gasteiger partial charge is 0.316 e. The lowest BCUT2D eigenvalue weighted by Gasteiger charge is -2.29. The molecule has 162 valence electrons. The van der Waals surface area contributed by atoms with Crippen molar-refractivity contribution in [2.75, 3.05) is 4.90 Å². The number of anilines is 1. The van der Waals surface area contributed by atoms with Crippen molar-refractivity contribution in [3.63, 3.8) is 0 Å². The van der Waals surface area contributed by atoms with Crippen molar-refractivity contribution >= 4 is 75.7 Å². The molecule has 1 aliphatic rings. The molecule has 1 fully saturated rings. The lowest BCUT2D eigenvalue weighted by molar-refractivity contribution is -0.122. The van der Waals surface area contributed by atoms with Crippen molar-refractivity contribution in [2.45, 2.75) is 13.8 Å². The van der Waals surface area contributed by atoms with Gasteiger partial charge in [-0.05, 0) is 68.0 Å². The van der Waals surface area contributed by atoms with Gasteiger partial charge >= 0.3 is 0 Å². The van der Waals surface area contributed by atoms with Gasteiger partial charge in [-0.2, -0.15) is 0 Å². The molecule has 32 heavy (non-hydrogen) atoms. The van der Waals surface area contributed by atoms with Gasteiger partial charge in [-0.25, -0.2) is 0 Å². The minimum atomic E-state index is -0.575. The van der Waals surface area contributed by atoms with E-state index in [4.69, 9.17) is 47.0 Å². The van der Waals surface area contributed by atoms with Gasteiger partial charge in [-0.15, -0.1) is 0 Å². The van der Waals surface area contributed by atoms with Crippen LogP contribution < -0.4 is 10.2 Å². The topological polar surface area (TPSA) is 54.3 Å². The average Bonchev–Trinajstić information content (AvgIpc) is 3.01. The van der Waals surface area contributed by atoms with Crippen LogP contribution in [0.1, 0.15) is 17.0 Å².